The predicted molar refractivity (Wildman–Crippen MR) is 130 cm³/mol. The van der Waals surface area contributed by atoms with E-state index in [-0.39, 0.29) is 27.5 Å². The van der Waals surface area contributed by atoms with E-state index in [1.807, 2.05) is 43.0 Å². The number of carbonyl (C=O) groups excluding carboxylic acids is 2. The summed E-state index contributed by atoms with van der Waals surface area (Å²) in [6.07, 6.45) is 3.70. The number of urea groups is 1. The highest BCUT2D eigenvalue weighted by Gasteiger charge is 2.28. The van der Waals surface area contributed by atoms with Gasteiger partial charge < -0.3 is 10.6 Å². The van der Waals surface area contributed by atoms with E-state index in [0.29, 0.717) is 18.0 Å². The predicted octanol–water partition coefficient (Wildman–Crippen LogP) is 3.08. The van der Waals surface area contributed by atoms with Crippen LogP contribution in [0.5, 0.6) is 0 Å². The maximum Gasteiger partial charge on any atom is 0.333 e. The van der Waals surface area contributed by atoms with Gasteiger partial charge in [0.25, 0.3) is 15.9 Å². The molecule has 0 fully saturated rings. The fourth-order valence-electron chi connectivity index (χ4n) is 3.24. The number of rotatable bonds is 6. The molecule has 3 heterocycles. The van der Waals surface area contributed by atoms with E-state index in [1.54, 1.807) is 6.08 Å². The van der Waals surface area contributed by atoms with Gasteiger partial charge in [0, 0.05) is 18.0 Å². The van der Waals surface area contributed by atoms with Gasteiger partial charge in [-0.3, -0.25) is 4.79 Å². The maximum absolute atomic E-state index is 12.5. The van der Waals surface area contributed by atoms with Crippen molar-refractivity contribution in [3.05, 3.63) is 58.5 Å². The number of amides is 3. The van der Waals surface area contributed by atoms with Crippen LogP contribution in [0.15, 0.2) is 58.0 Å². The fraction of sp³-hybridized carbons (Fsp3) is 0.238. The molecule has 0 radical (unpaired) electrons. The van der Waals surface area contributed by atoms with Crippen LogP contribution in [0.4, 0.5) is 22.0 Å². The van der Waals surface area contributed by atoms with Crippen LogP contribution < -0.4 is 20.4 Å². The molecule has 0 saturated heterocycles. The number of anilines is 3. The first kappa shape index (κ1) is 22.8. The van der Waals surface area contributed by atoms with E-state index < -0.39 is 16.1 Å². The number of aromatic nitrogens is 1. The van der Waals surface area contributed by atoms with Crippen molar-refractivity contribution in [2.75, 3.05) is 22.7 Å². The Morgan fingerprint density at radius 3 is 2.48 bits per heavy atom. The van der Waals surface area contributed by atoms with E-state index in [4.69, 9.17) is 0 Å². The highest BCUT2D eigenvalue weighted by Crippen LogP contribution is 2.34. The molecule has 2 aliphatic rings. The van der Waals surface area contributed by atoms with Crippen molar-refractivity contribution in [1.29, 1.82) is 0 Å². The van der Waals surface area contributed by atoms with E-state index >= 15 is 0 Å². The quantitative estimate of drug-likeness (QED) is 0.571. The van der Waals surface area contributed by atoms with E-state index in [9.17, 15) is 18.0 Å². The number of thioether (sulfide) groups is 1. The number of nitrogens with zero attached hydrogens (tertiary/aromatic N) is 3. The van der Waals surface area contributed by atoms with Gasteiger partial charge in [0.2, 0.25) is 0 Å². The highest BCUT2D eigenvalue weighted by molar-refractivity contribution is 8.18. The van der Waals surface area contributed by atoms with Gasteiger partial charge in [-0.25, -0.2) is 22.9 Å². The number of sulfonamides is 1. The number of hydrogen-bond donors (Lipinski definition) is 3. The number of nitrogens with one attached hydrogen (secondary N) is 3. The first-order valence-corrected chi connectivity index (χ1v) is 12.5. The fourth-order valence-corrected chi connectivity index (χ4v) is 5.86. The maximum atomic E-state index is 12.5. The molecule has 1 unspecified atom stereocenters. The van der Waals surface area contributed by atoms with Gasteiger partial charge in [0.1, 0.15) is 4.24 Å². The van der Waals surface area contributed by atoms with Crippen LogP contribution in [0.25, 0.3) is 0 Å². The van der Waals surface area contributed by atoms with E-state index in [1.165, 1.54) is 35.1 Å². The summed E-state index contributed by atoms with van der Waals surface area (Å²) in [4.78, 5) is 28.8. The SMILES string of the molecule is CNc1ccc(C2=NN(c3ccc(NC(=O)NS(=O)(=O)C4=CCC(C)S4)cn3)C(=O)C2)cc1. The second-order valence-electron chi connectivity index (χ2n) is 7.41. The van der Waals surface area contributed by atoms with Crippen LogP contribution in [0.3, 0.4) is 0 Å². The number of pyridine rings is 1. The molecule has 1 aromatic heterocycles. The van der Waals surface area contributed by atoms with Crippen LogP contribution in [-0.4, -0.2) is 43.3 Å². The molecule has 172 valence electrons. The largest absolute Gasteiger partial charge is 0.388 e. The minimum absolute atomic E-state index is 0.139. The minimum atomic E-state index is -3.91. The number of allylic oxidation sites excluding steroid dienone is 1. The van der Waals surface area contributed by atoms with Crippen molar-refractivity contribution < 1.29 is 18.0 Å². The van der Waals surface area contributed by atoms with Crippen LogP contribution in [0.1, 0.15) is 25.3 Å². The summed E-state index contributed by atoms with van der Waals surface area (Å²) in [6, 6.07) is 9.71. The number of hydrazone groups is 1. The van der Waals surface area contributed by atoms with Gasteiger partial charge in [-0.15, -0.1) is 11.8 Å². The minimum Gasteiger partial charge on any atom is -0.388 e. The monoisotopic (exact) mass is 486 g/mol. The lowest BCUT2D eigenvalue weighted by molar-refractivity contribution is -0.116. The van der Waals surface area contributed by atoms with E-state index in [0.717, 1.165) is 11.3 Å². The Hall–Kier alpha value is -3.38. The molecule has 10 nitrogen and oxygen atoms in total. The van der Waals surface area contributed by atoms with Crippen LogP contribution >= 0.6 is 11.8 Å². The van der Waals surface area contributed by atoms with Crippen molar-refractivity contribution in [1.82, 2.24) is 9.71 Å². The molecule has 2 aliphatic heterocycles. The summed E-state index contributed by atoms with van der Waals surface area (Å²) in [5, 5.41) is 11.2. The van der Waals surface area contributed by atoms with Gasteiger partial charge in [0.05, 0.1) is 24.0 Å². The Morgan fingerprint density at radius 1 is 1.15 bits per heavy atom. The summed E-state index contributed by atoms with van der Waals surface area (Å²) in [7, 11) is -2.08. The molecule has 2 aromatic rings. The molecule has 0 saturated carbocycles. The van der Waals surface area contributed by atoms with Gasteiger partial charge in [-0.2, -0.15) is 10.1 Å². The molecule has 33 heavy (non-hydrogen) atoms. The van der Waals surface area contributed by atoms with Crippen molar-refractivity contribution >= 4 is 56.6 Å². The van der Waals surface area contributed by atoms with Crippen LogP contribution in [0, 0.1) is 0 Å². The molecule has 0 aliphatic carbocycles. The Bertz CT molecular complexity index is 1240. The number of carbonyl (C=O) groups is 2. The van der Waals surface area contributed by atoms with Crippen molar-refractivity contribution in [2.45, 2.75) is 25.0 Å². The molecule has 1 atom stereocenters. The molecule has 1 aromatic carbocycles. The van der Waals surface area contributed by atoms with Crippen molar-refractivity contribution in [2.24, 2.45) is 5.10 Å². The highest BCUT2D eigenvalue weighted by atomic mass is 32.3. The van der Waals surface area contributed by atoms with Crippen LogP contribution in [-0.2, 0) is 14.8 Å². The Kier molecular flexibility index (Phi) is 6.38. The zero-order chi connectivity index (χ0) is 23.6. The standard InChI is InChI=1S/C21H22N6O4S2/c1-13-3-10-20(32-13)33(30,31)26-21(29)24-16-8-9-18(23-12-16)27-19(28)11-17(25-27)14-4-6-15(22-2)7-5-14/h4-10,12-13,22H,3,11H2,1-2H3,(H2,24,26,29). The third kappa shape index (κ3) is 5.17. The molecule has 0 spiro atoms. The average molecular weight is 487 g/mol. The Morgan fingerprint density at radius 2 is 1.88 bits per heavy atom. The zero-order valence-corrected chi connectivity index (χ0v) is 19.5. The first-order chi connectivity index (χ1) is 15.7. The lowest BCUT2D eigenvalue weighted by atomic mass is 10.1. The first-order valence-electron chi connectivity index (χ1n) is 10.1. The smallest absolute Gasteiger partial charge is 0.333 e. The molecule has 0 bridgehead atoms. The summed E-state index contributed by atoms with van der Waals surface area (Å²) >= 11 is 1.20. The molecule has 3 amide bonds. The van der Waals surface area contributed by atoms with Gasteiger partial charge in [0.15, 0.2) is 5.82 Å². The normalized spacial score (nSPS) is 18.1. The van der Waals surface area contributed by atoms with Crippen LogP contribution in [0.2, 0.25) is 0 Å². The summed E-state index contributed by atoms with van der Waals surface area (Å²) < 4.78 is 26.7. The van der Waals surface area contributed by atoms with Crippen molar-refractivity contribution in [3.8, 4) is 0 Å². The second kappa shape index (κ2) is 9.24. The second-order valence-corrected chi connectivity index (χ2v) is 10.8. The molecule has 4 rings (SSSR count). The number of hydrogen-bond acceptors (Lipinski definition) is 8. The molecular formula is C21H22N6O4S2. The molecular weight excluding hydrogens is 464 g/mol. The summed E-state index contributed by atoms with van der Waals surface area (Å²) in [6.45, 7) is 1.91. The van der Waals surface area contributed by atoms with Gasteiger partial charge >= 0.3 is 6.03 Å². The lowest BCUT2D eigenvalue weighted by Gasteiger charge is -2.12. The Labute approximate surface area is 195 Å². The lowest BCUT2D eigenvalue weighted by Crippen LogP contribution is -2.34. The topological polar surface area (TPSA) is 133 Å². The third-order valence-electron chi connectivity index (χ3n) is 4.93. The average Bonchev–Trinajstić information content (AvgIpc) is 3.40. The van der Waals surface area contributed by atoms with E-state index in [2.05, 4.69) is 20.7 Å². The van der Waals surface area contributed by atoms with Crippen molar-refractivity contribution in [3.63, 3.8) is 0 Å². The molecule has 3 N–H and O–H groups in total. The molecule has 12 heteroatoms. The summed E-state index contributed by atoms with van der Waals surface area (Å²) in [5.41, 5.74) is 2.69. The third-order valence-corrected chi connectivity index (χ3v) is 8.02. The Balaban J connectivity index is 1.41. The van der Waals surface area contributed by atoms with Gasteiger partial charge in [-0.05, 0) is 36.2 Å². The van der Waals surface area contributed by atoms with Gasteiger partial charge in [-0.1, -0.05) is 25.1 Å². The summed E-state index contributed by atoms with van der Waals surface area (Å²) in [5.74, 6) is 0.0678. The number of benzene rings is 1. The zero-order valence-electron chi connectivity index (χ0n) is 17.9.